The van der Waals surface area contributed by atoms with E-state index in [1.165, 1.54) is 10.5 Å². The molecule has 1 fully saturated rings. The Morgan fingerprint density at radius 2 is 1.86 bits per heavy atom. The summed E-state index contributed by atoms with van der Waals surface area (Å²) in [4.78, 5) is 26.0. The average Bonchev–Trinajstić information content (AvgIpc) is 2.82. The molecule has 1 N–H and O–H groups in total. The third-order valence-corrected chi connectivity index (χ3v) is 4.19. The van der Waals surface area contributed by atoms with E-state index in [0.29, 0.717) is 5.56 Å². The highest BCUT2D eigenvalue weighted by Gasteiger charge is 2.38. The van der Waals surface area contributed by atoms with Crippen LogP contribution in [0.1, 0.15) is 44.7 Å². The molecule has 22 heavy (non-hydrogen) atoms. The topological polar surface area (TPSA) is 57.6 Å². The van der Waals surface area contributed by atoms with Crippen LogP contribution in [0.2, 0.25) is 0 Å². The number of Topliss-reactive ketones (excluding diaryl/α,β-unsaturated/α-hetero) is 1. The zero-order chi connectivity index (χ0) is 16.3. The molecule has 118 valence electrons. The Morgan fingerprint density at radius 3 is 2.41 bits per heavy atom. The Hall–Kier alpha value is -2.10. The lowest BCUT2D eigenvalue weighted by Gasteiger charge is -2.21. The number of hydrogen-bond donors (Lipinski definition) is 1. The molecule has 4 nitrogen and oxygen atoms in total. The van der Waals surface area contributed by atoms with Crippen LogP contribution < -0.4 is 0 Å². The highest BCUT2D eigenvalue weighted by Crippen LogP contribution is 2.25. The molecule has 1 aliphatic heterocycles. The summed E-state index contributed by atoms with van der Waals surface area (Å²) in [7, 11) is 0. The summed E-state index contributed by atoms with van der Waals surface area (Å²) in [6, 6.07) is 7.37. The van der Waals surface area contributed by atoms with Crippen LogP contribution in [0, 0.1) is 0 Å². The van der Waals surface area contributed by atoms with Crippen LogP contribution in [0.4, 0.5) is 0 Å². The van der Waals surface area contributed by atoms with Crippen molar-refractivity contribution in [3.63, 3.8) is 0 Å². The molecule has 0 aliphatic carbocycles. The number of aliphatic hydroxyl groups excluding tert-OH is 1. The van der Waals surface area contributed by atoms with Gasteiger partial charge in [-0.25, -0.2) is 0 Å². The number of amides is 1. The molecule has 1 aromatic rings. The molecule has 2 rings (SSSR count). The molecular formula is C18H23NO3. The van der Waals surface area contributed by atoms with Gasteiger partial charge in [-0.1, -0.05) is 44.5 Å². The standard InChI is InChI=1S/C18H23NO3/c1-4-6-13-7-9-14(10-8-13)17(21)16-15(20)11-19(18(16)22)12(3)5-2/h7-10,12,21H,4-6,11H2,1-3H3/b17-16-. The number of carbonyl (C=O) groups excluding carboxylic acids is 2. The van der Waals surface area contributed by atoms with E-state index in [1.54, 1.807) is 12.1 Å². The van der Waals surface area contributed by atoms with Gasteiger partial charge in [-0.15, -0.1) is 0 Å². The van der Waals surface area contributed by atoms with Crippen LogP contribution in [0.15, 0.2) is 29.8 Å². The molecule has 0 bridgehead atoms. The molecule has 0 spiro atoms. The lowest BCUT2D eigenvalue weighted by Crippen LogP contribution is -2.34. The van der Waals surface area contributed by atoms with Crippen molar-refractivity contribution in [3.8, 4) is 0 Å². The molecule has 1 aromatic carbocycles. The van der Waals surface area contributed by atoms with Gasteiger partial charge in [0.1, 0.15) is 11.3 Å². The van der Waals surface area contributed by atoms with Gasteiger partial charge in [0.15, 0.2) is 5.78 Å². The normalized spacial score (nSPS) is 18.8. The van der Waals surface area contributed by atoms with Crippen LogP contribution in [-0.2, 0) is 16.0 Å². The van der Waals surface area contributed by atoms with Crippen molar-refractivity contribution in [1.82, 2.24) is 4.90 Å². The van der Waals surface area contributed by atoms with Crippen LogP contribution in [0.3, 0.4) is 0 Å². The minimum atomic E-state index is -0.366. The number of benzene rings is 1. The number of hydrogen-bond acceptors (Lipinski definition) is 3. The fraction of sp³-hybridized carbons (Fsp3) is 0.444. The summed E-state index contributed by atoms with van der Waals surface area (Å²) in [5.74, 6) is -0.876. The number of nitrogens with zero attached hydrogens (tertiary/aromatic N) is 1. The molecule has 1 aliphatic rings. The SMILES string of the molecule is CCCc1ccc(/C(O)=C2\C(=O)CN(C(C)CC)C2=O)cc1. The van der Waals surface area contributed by atoms with Gasteiger partial charge >= 0.3 is 0 Å². The first kappa shape index (κ1) is 16.3. The molecule has 1 heterocycles. The smallest absolute Gasteiger partial charge is 0.262 e. The van der Waals surface area contributed by atoms with Crippen molar-refractivity contribution in [2.75, 3.05) is 6.54 Å². The maximum absolute atomic E-state index is 12.4. The first-order valence-electron chi connectivity index (χ1n) is 7.86. The van der Waals surface area contributed by atoms with Crippen LogP contribution in [-0.4, -0.2) is 34.3 Å². The van der Waals surface area contributed by atoms with Gasteiger partial charge in [0, 0.05) is 11.6 Å². The molecule has 4 heteroatoms. The maximum atomic E-state index is 12.4. The lowest BCUT2D eigenvalue weighted by molar-refractivity contribution is -0.126. The van der Waals surface area contributed by atoms with Crippen molar-refractivity contribution >= 4 is 17.4 Å². The van der Waals surface area contributed by atoms with Crippen LogP contribution in [0.25, 0.3) is 5.76 Å². The van der Waals surface area contributed by atoms with Gasteiger partial charge in [0.05, 0.1) is 6.54 Å². The number of likely N-dealkylation sites (tertiary alicyclic amines) is 1. The Balaban J connectivity index is 2.32. The van der Waals surface area contributed by atoms with Crippen molar-refractivity contribution in [2.45, 2.75) is 46.1 Å². The molecular weight excluding hydrogens is 278 g/mol. The number of aryl methyl sites for hydroxylation is 1. The summed E-state index contributed by atoms with van der Waals surface area (Å²) >= 11 is 0. The van der Waals surface area contributed by atoms with E-state index >= 15 is 0 Å². The monoisotopic (exact) mass is 301 g/mol. The minimum absolute atomic E-state index is 0.00585. The van der Waals surface area contributed by atoms with Crippen molar-refractivity contribution in [2.24, 2.45) is 0 Å². The van der Waals surface area contributed by atoms with Gasteiger partial charge in [0.25, 0.3) is 5.91 Å². The third kappa shape index (κ3) is 3.06. The molecule has 0 saturated carbocycles. The van der Waals surface area contributed by atoms with Crippen molar-refractivity contribution in [1.29, 1.82) is 0 Å². The van der Waals surface area contributed by atoms with Gasteiger partial charge in [-0.3, -0.25) is 9.59 Å². The van der Waals surface area contributed by atoms with E-state index < -0.39 is 0 Å². The predicted octanol–water partition coefficient (Wildman–Crippen LogP) is 3.12. The number of rotatable bonds is 5. The number of carbonyl (C=O) groups is 2. The lowest BCUT2D eigenvalue weighted by atomic mass is 10.0. The Kier molecular flexibility index (Phi) is 5.01. The first-order valence-corrected chi connectivity index (χ1v) is 7.86. The Morgan fingerprint density at radius 1 is 1.23 bits per heavy atom. The van der Waals surface area contributed by atoms with E-state index in [0.717, 1.165) is 19.3 Å². The van der Waals surface area contributed by atoms with E-state index in [9.17, 15) is 14.7 Å². The van der Waals surface area contributed by atoms with Gasteiger partial charge in [-0.2, -0.15) is 0 Å². The van der Waals surface area contributed by atoms with E-state index in [2.05, 4.69) is 6.92 Å². The quantitative estimate of drug-likeness (QED) is 0.516. The number of aliphatic hydroxyl groups is 1. The zero-order valence-corrected chi connectivity index (χ0v) is 13.4. The summed E-state index contributed by atoms with van der Waals surface area (Å²) in [6.45, 7) is 6.04. The van der Waals surface area contributed by atoms with Crippen molar-refractivity contribution < 1.29 is 14.7 Å². The number of ketones is 1. The van der Waals surface area contributed by atoms with Crippen LogP contribution in [0.5, 0.6) is 0 Å². The average molecular weight is 301 g/mol. The zero-order valence-electron chi connectivity index (χ0n) is 13.4. The molecule has 1 unspecified atom stereocenters. The summed E-state index contributed by atoms with van der Waals surface area (Å²) in [6.07, 6.45) is 2.79. The second-order valence-electron chi connectivity index (χ2n) is 5.78. The Bertz CT molecular complexity index is 601. The maximum Gasteiger partial charge on any atom is 0.262 e. The molecule has 0 aromatic heterocycles. The fourth-order valence-corrected chi connectivity index (χ4v) is 2.64. The molecule has 1 amide bonds. The summed E-state index contributed by atoms with van der Waals surface area (Å²) in [5, 5.41) is 10.4. The highest BCUT2D eigenvalue weighted by molar-refractivity contribution is 6.28. The first-order chi connectivity index (χ1) is 10.5. The van der Waals surface area contributed by atoms with Crippen LogP contribution >= 0.6 is 0 Å². The van der Waals surface area contributed by atoms with Crippen molar-refractivity contribution in [3.05, 3.63) is 41.0 Å². The van der Waals surface area contributed by atoms with Gasteiger partial charge in [0.2, 0.25) is 0 Å². The second-order valence-corrected chi connectivity index (χ2v) is 5.78. The van der Waals surface area contributed by atoms with Gasteiger partial charge in [-0.05, 0) is 25.3 Å². The van der Waals surface area contributed by atoms with E-state index in [-0.39, 0.29) is 35.6 Å². The summed E-state index contributed by atoms with van der Waals surface area (Å²) < 4.78 is 0. The highest BCUT2D eigenvalue weighted by atomic mass is 16.3. The molecule has 1 atom stereocenters. The predicted molar refractivity (Wildman–Crippen MR) is 86.5 cm³/mol. The van der Waals surface area contributed by atoms with Gasteiger partial charge < -0.3 is 10.0 Å². The third-order valence-electron chi connectivity index (χ3n) is 4.19. The fourth-order valence-electron chi connectivity index (χ4n) is 2.64. The molecule has 1 saturated heterocycles. The minimum Gasteiger partial charge on any atom is -0.506 e. The Labute approximate surface area is 131 Å². The van der Waals surface area contributed by atoms with E-state index in [1.807, 2.05) is 26.0 Å². The summed E-state index contributed by atoms with van der Waals surface area (Å²) in [5.41, 5.74) is 1.61. The largest absolute Gasteiger partial charge is 0.506 e. The molecule has 0 radical (unpaired) electrons. The second kappa shape index (κ2) is 6.77. The van der Waals surface area contributed by atoms with E-state index in [4.69, 9.17) is 0 Å².